The van der Waals surface area contributed by atoms with Crippen LogP contribution in [0.25, 0.3) is 6.08 Å². The molecular weight excluding hydrogens is 250 g/mol. The molecule has 100 valence electrons. The summed E-state index contributed by atoms with van der Waals surface area (Å²) in [5, 5.41) is 0. The van der Waals surface area contributed by atoms with Crippen molar-refractivity contribution in [2.24, 2.45) is 4.99 Å². The van der Waals surface area contributed by atoms with E-state index < -0.39 is 0 Å². The summed E-state index contributed by atoms with van der Waals surface area (Å²) in [7, 11) is 1.37. The van der Waals surface area contributed by atoms with Crippen molar-refractivity contribution >= 4 is 18.3 Å². The van der Waals surface area contributed by atoms with Crippen molar-refractivity contribution in [2.45, 2.75) is 0 Å². The molecule has 0 saturated heterocycles. The van der Waals surface area contributed by atoms with E-state index in [1.165, 1.54) is 7.11 Å². The fraction of sp³-hybridized carbons (Fsp3) is 0.0588. The number of aliphatic imine (C=N–C) groups is 1. The Balaban J connectivity index is 1.98. The molecule has 0 unspecified atom stereocenters. The topological polar surface area (TPSA) is 38.7 Å². The largest absolute Gasteiger partial charge is 0.465 e. The Kier molecular flexibility index (Phi) is 4.84. The number of ether oxygens (including phenoxy) is 1. The molecule has 0 aliphatic rings. The molecule has 0 saturated carbocycles. The molecule has 2 aromatic carbocycles. The molecule has 20 heavy (non-hydrogen) atoms. The molecule has 0 radical (unpaired) electrons. The monoisotopic (exact) mass is 265 g/mol. The van der Waals surface area contributed by atoms with Crippen LogP contribution in [0.1, 0.15) is 21.5 Å². The zero-order valence-corrected chi connectivity index (χ0v) is 11.2. The van der Waals surface area contributed by atoms with Gasteiger partial charge in [0.25, 0.3) is 0 Å². The molecule has 0 aromatic heterocycles. The lowest BCUT2D eigenvalue weighted by Crippen LogP contribution is -2.00. The zero-order valence-electron chi connectivity index (χ0n) is 11.2. The maximum Gasteiger partial charge on any atom is 0.337 e. The van der Waals surface area contributed by atoms with Crippen LogP contribution in [0.4, 0.5) is 0 Å². The van der Waals surface area contributed by atoms with Crippen LogP contribution in [0.3, 0.4) is 0 Å². The summed E-state index contributed by atoms with van der Waals surface area (Å²) in [6.07, 6.45) is 5.41. The third-order valence-corrected chi connectivity index (χ3v) is 2.71. The van der Waals surface area contributed by atoms with E-state index in [-0.39, 0.29) is 5.97 Å². The Hall–Kier alpha value is -2.68. The van der Waals surface area contributed by atoms with Crippen LogP contribution >= 0.6 is 0 Å². The molecule has 0 heterocycles. The van der Waals surface area contributed by atoms with Gasteiger partial charge in [-0.3, -0.25) is 4.99 Å². The SMILES string of the molecule is COC(=O)c1ccc(C=NC=Cc2ccccc2)cc1. The van der Waals surface area contributed by atoms with E-state index in [1.54, 1.807) is 24.5 Å². The lowest BCUT2D eigenvalue weighted by Gasteiger charge is -1.98. The van der Waals surface area contributed by atoms with Gasteiger partial charge in [-0.1, -0.05) is 42.5 Å². The second kappa shape index (κ2) is 7.04. The van der Waals surface area contributed by atoms with Crippen LogP contribution in [0.15, 0.2) is 65.8 Å². The minimum atomic E-state index is -0.336. The highest BCUT2D eigenvalue weighted by molar-refractivity contribution is 5.90. The molecule has 0 atom stereocenters. The summed E-state index contributed by atoms with van der Waals surface area (Å²) in [4.78, 5) is 15.5. The Labute approximate surface area is 118 Å². The molecule has 3 heteroatoms. The molecule has 0 aliphatic carbocycles. The van der Waals surface area contributed by atoms with E-state index in [4.69, 9.17) is 0 Å². The van der Waals surface area contributed by atoms with Gasteiger partial charge in [0.1, 0.15) is 0 Å². The average Bonchev–Trinajstić information content (AvgIpc) is 2.52. The summed E-state index contributed by atoms with van der Waals surface area (Å²) >= 11 is 0. The van der Waals surface area contributed by atoms with E-state index >= 15 is 0 Å². The Morgan fingerprint density at radius 2 is 1.70 bits per heavy atom. The quantitative estimate of drug-likeness (QED) is 0.626. The van der Waals surface area contributed by atoms with Crippen molar-refractivity contribution in [3.8, 4) is 0 Å². The summed E-state index contributed by atoms with van der Waals surface area (Å²) in [6.45, 7) is 0. The lowest BCUT2D eigenvalue weighted by molar-refractivity contribution is 0.0601. The van der Waals surface area contributed by atoms with Crippen molar-refractivity contribution in [1.82, 2.24) is 0 Å². The van der Waals surface area contributed by atoms with Gasteiger partial charge in [0.2, 0.25) is 0 Å². The molecule has 0 fully saturated rings. The normalized spacial score (nSPS) is 11.1. The first-order chi connectivity index (χ1) is 9.79. The van der Waals surface area contributed by atoms with E-state index in [0.717, 1.165) is 11.1 Å². The van der Waals surface area contributed by atoms with Gasteiger partial charge in [0, 0.05) is 12.4 Å². The highest BCUT2D eigenvalue weighted by atomic mass is 16.5. The van der Waals surface area contributed by atoms with Gasteiger partial charge >= 0.3 is 5.97 Å². The fourth-order valence-electron chi connectivity index (χ4n) is 1.65. The van der Waals surface area contributed by atoms with Gasteiger partial charge in [-0.15, -0.1) is 0 Å². The fourth-order valence-corrected chi connectivity index (χ4v) is 1.65. The van der Waals surface area contributed by atoms with Gasteiger partial charge < -0.3 is 4.74 Å². The number of carbonyl (C=O) groups is 1. The van der Waals surface area contributed by atoms with Gasteiger partial charge in [-0.25, -0.2) is 4.79 Å². The Bertz CT molecular complexity index is 613. The van der Waals surface area contributed by atoms with Crippen molar-refractivity contribution in [3.63, 3.8) is 0 Å². The van der Waals surface area contributed by atoms with E-state index in [9.17, 15) is 4.79 Å². The molecule has 0 bridgehead atoms. The molecular formula is C17H15NO2. The number of benzene rings is 2. The van der Waals surface area contributed by atoms with Crippen molar-refractivity contribution in [1.29, 1.82) is 0 Å². The maximum atomic E-state index is 11.3. The number of hydrogen-bond acceptors (Lipinski definition) is 3. The molecule has 0 aliphatic heterocycles. The third-order valence-electron chi connectivity index (χ3n) is 2.71. The van der Waals surface area contributed by atoms with E-state index in [0.29, 0.717) is 5.56 Å². The third kappa shape index (κ3) is 3.92. The van der Waals surface area contributed by atoms with Gasteiger partial charge in [-0.05, 0) is 29.3 Å². The molecule has 2 rings (SSSR count). The Morgan fingerprint density at radius 3 is 2.35 bits per heavy atom. The smallest absolute Gasteiger partial charge is 0.337 e. The number of methoxy groups -OCH3 is 1. The van der Waals surface area contributed by atoms with E-state index in [1.807, 2.05) is 48.5 Å². The predicted molar refractivity (Wildman–Crippen MR) is 80.9 cm³/mol. The standard InChI is InChI=1S/C17H15NO2/c1-20-17(19)16-9-7-15(8-10-16)13-18-12-11-14-5-3-2-4-6-14/h2-13H,1H3. The first-order valence-electron chi connectivity index (χ1n) is 6.23. The molecule has 0 N–H and O–H groups in total. The second-order valence-corrected chi connectivity index (χ2v) is 4.12. The van der Waals surface area contributed by atoms with Crippen LogP contribution in [-0.4, -0.2) is 19.3 Å². The first-order valence-corrected chi connectivity index (χ1v) is 6.23. The number of hydrogen-bond donors (Lipinski definition) is 0. The number of esters is 1. The summed E-state index contributed by atoms with van der Waals surface area (Å²) in [5.41, 5.74) is 2.56. The minimum Gasteiger partial charge on any atom is -0.465 e. The van der Waals surface area contributed by atoms with Crippen LogP contribution in [-0.2, 0) is 4.74 Å². The van der Waals surface area contributed by atoms with E-state index in [2.05, 4.69) is 9.73 Å². The maximum absolute atomic E-state index is 11.3. The van der Waals surface area contributed by atoms with Gasteiger partial charge in [-0.2, -0.15) is 0 Å². The van der Waals surface area contributed by atoms with Crippen molar-refractivity contribution in [3.05, 3.63) is 77.5 Å². The number of nitrogens with zero attached hydrogens (tertiary/aromatic N) is 1. The van der Waals surface area contributed by atoms with Crippen LogP contribution in [0, 0.1) is 0 Å². The molecule has 2 aromatic rings. The van der Waals surface area contributed by atoms with Gasteiger partial charge in [0.15, 0.2) is 0 Å². The van der Waals surface area contributed by atoms with Crippen molar-refractivity contribution in [2.75, 3.05) is 7.11 Å². The Morgan fingerprint density at radius 1 is 1.00 bits per heavy atom. The van der Waals surface area contributed by atoms with Crippen LogP contribution in [0.2, 0.25) is 0 Å². The number of carbonyl (C=O) groups excluding carboxylic acids is 1. The summed E-state index contributed by atoms with van der Waals surface area (Å²) in [5.74, 6) is -0.336. The minimum absolute atomic E-state index is 0.336. The summed E-state index contributed by atoms with van der Waals surface area (Å²) < 4.78 is 4.64. The highest BCUT2D eigenvalue weighted by Crippen LogP contribution is 2.05. The lowest BCUT2D eigenvalue weighted by atomic mass is 10.1. The average molecular weight is 265 g/mol. The predicted octanol–water partition coefficient (Wildman–Crippen LogP) is 3.56. The van der Waals surface area contributed by atoms with Crippen LogP contribution < -0.4 is 0 Å². The second-order valence-electron chi connectivity index (χ2n) is 4.12. The molecule has 0 amide bonds. The molecule has 3 nitrogen and oxygen atoms in total. The number of rotatable bonds is 4. The summed E-state index contributed by atoms with van der Waals surface area (Å²) in [6, 6.07) is 17.0. The van der Waals surface area contributed by atoms with Crippen molar-refractivity contribution < 1.29 is 9.53 Å². The first kappa shape index (κ1) is 13.7. The highest BCUT2D eigenvalue weighted by Gasteiger charge is 2.02. The zero-order chi connectivity index (χ0) is 14.2. The van der Waals surface area contributed by atoms with Gasteiger partial charge in [0.05, 0.1) is 12.7 Å². The molecule has 0 spiro atoms. The van der Waals surface area contributed by atoms with Crippen LogP contribution in [0.5, 0.6) is 0 Å².